The van der Waals surface area contributed by atoms with E-state index in [1.165, 1.54) is 0 Å². The predicted molar refractivity (Wildman–Crippen MR) is 126 cm³/mol. The average Bonchev–Trinajstić information content (AvgIpc) is 2.79. The average molecular weight is 455 g/mol. The van der Waals surface area contributed by atoms with Crippen molar-refractivity contribution in [1.82, 2.24) is 5.32 Å². The number of benzene rings is 2. The fraction of sp³-hybridized carbons (Fsp3) is 0.462. The van der Waals surface area contributed by atoms with Crippen molar-refractivity contribution >= 4 is 17.5 Å². The zero-order valence-corrected chi connectivity index (χ0v) is 19.5. The number of carbonyl (C=O) groups is 1. The molecule has 1 N–H and O–H groups in total. The van der Waals surface area contributed by atoms with Gasteiger partial charge in [-0.15, -0.1) is 0 Å². The van der Waals surface area contributed by atoms with Gasteiger partial charge in [-0.1, -0.05) is 25.4 Å². The highest BCUT2D eigenvalue weighted by Crippen LogP contribution is 2.27. The van der Waals surface area contributed by atoms with Gasteiger partial charge in [0.05, 0.1) is 24.3 Å². The Labute approximate surface area is 195 Å². The van der Waals surface area contributed by atoms with Crippen LogP contribution in [0.25, 0.3) is 0 Å². The molecule has 1 aliphatic carbocycles. The van der Waals surface area contributed by atoms with Gasteiger partial charge in [-0.3, -0.25) is 4.79 Å². The lowest BCUT2D eigenvalue weighted by molar-refractivity contribution is -0.130. The summed E-state index contributed by atoms with van der Waals surface area (Å²) in [5.74, 6) is 1.68. The second kappa shape index (κ2) is 11.2. The second-order valence-corrected chi connectivity index (χ2v) is 9.43. The van der Waals surface area contributed by atoms with Crippen LogP contribution in [-0.2, 0) is 4.79 Å². The molecule has 0 aromatic heterocycles. The smallest absolute Gasteiger partial charge is 0.225 e. The number of halogens is 1. The van der Waals surface area contributed by atoms with Gasteiger partial charge in [-0.2, -0.15) is 5.26 Å². The highest BCUT2D eigenvalue weighted by atomic mass is 35.5. The van der Waals surface area contributed by atoms with Crippen molar-refractivity contribution < 1.29 is 14.3 Å². The monoisotopic (exact) mass is 454 g/mol. The standard InChI is InChI=1S/C26H31ClN2O3/c1-26(2,16-3-17-31-22-12-6-20(27)7-13-22)25(30)29-21-8-14-24(15-9-21)32-23-10-4-19(18-28)5-11-23/h4-7,10-13,21,24H,3,8-9,14-17H2,1-2H3,(H,29,30)/t21-,24-. The molecule has 1 aliphatic rings. The SMILES string of the molecule is CC(C)(CCCOc1ccc(Cl)cc1)C(=O)N[C@H]1CC[C@H](Oc2ccc(C#N)cc2)CC1. The lowest BCUT2D eigenvalue weighted by Crippen LogP contribution is -2.45. The van der Waals surface area contributed by atoms with Crippen molar-refractivity contribution in [2.24, 2.45) is 5.41 Å². The predicted octanol–water partition coefficient (Wildman–Crippen LogP) is 5.90. The van der Waals surface area contributed by atoms with Crippen LogP contribution >= 0.6 is 11.6 Å². The molecule has 170 valence electrons. The third-order valence-corrected chi connectivity index (χ3v) is 6.19. The van der Waals surface area contributed by atoms with Crippen molar-refractivity contribution in [3.8, 4) is 17.6 Å². The molecule has 1 amide bonds. The van der Waals surface area contributed by atoms with Crippen LogP contribution in [0.1, 0.15) is 57.9 Å². The molecule has 2 aromatic carbocycles. The maximum absolute atomic E-state index is 12.8. The van der Waals surface area contributed by atoms with Crippen LogP contribution in [0, 0.1) is 16.7 Å². The van der Waals surface area contributed by atoms with E-state index in [0.717, 1.165) is 50.0 Å². The molecule has 1 fully saturated rings. The minimum atomic E-state index is -0.445. The van der Waals surface area contributed by atoms with Gasteiger partial charge in [0.1, 0.15) is 11.5 Å². The molecule has 0 heterocycles. The van der Waals surface area contributed by atoms with Crippen molar-refractivity contribution in [3.05, 3.63) is 59.1 Å². The third kappa shape index (κ3) is 7.17. The van der Waals surface area contributed by atoms with Gasteiger partial charge in [-0.25, -0.2) is 0 Å². The Morgan fingerprint density at radius 2 is 1.69 bits per heavy atom. The molecule has 6 heteroatoms. The number of amides is 1. The molecule has 32 heavy (non-hydrogen) atoms. The summed E-state index contributed by atoms with van der Waals surface area (Å²) >= 11 is 5.89. The van der Waals surface area contributed by atoms with Crippen molar-refractivity contribution in [2.45, 2.75) is 64.5 Å². The molecule has 0 atom stereocenters. The van der Waals surface area contributed by atoms with Gasteiger partial charge in [-0.05, 0) is 87.1 Å². The first-order chi connectivity index (χ1) is 15.4. The van der Waals surface area contributed by atoms with Crippen molar-refractivity contribution in [3.63, 3.8) is 0 Å². The first-order valence-electron chi connectivity index (χ1n) is 11.2. The van der Waals surface area contributed by atoms with Crippen LogP contribution < -0.4 is 14.8 Å². The highest BCUT2D eigenvalue weighted by Gasteiger charge is 2.31. The summed E-state index contributed by atoms with van der Waals surface area (Å²) in [6, 6.07) is 16.8. The number of rotatable bonds is 9. The second-order valence-electron chi connectivity index (χ2n) is 8.99. The van der Waals surface area contributed by atoms with Crippen molar-refractivity contribution in [1.29, 1.82) is 5.26 Å². The molecule has 1 saturated carbocycles. The molecule has 0 aliphatic heterocycles. The normalized spacial score (nSPS) is 18.4. The quantitative estimate of drug-likeness (QED) is 0.478. The van der Waals surface area contributed by atoms with Crippen LogP contribution in [0.4, 0.5) is 0 Å². The molecule has 2 aromatic rings. The van der Waals surface area contributed by atoms with E-state index >= 15 is 0 Å². The number of hydrogen-bond acceptors (Lipinski definition) is 4. The zero-order valence-electron chi connectivity index (χ0n) is 18.8. The fourth-order valence-electron chi connectivity index (χ4n) is 3.85. The Morgan fingerprint density at radius 1 is 1.06 bits per heavy atom. The van der Waals surface area contributed by atoms with E-state index in [9.17, 15) is 4.79 Å². The topological polar surface area (TPSA) is 71.3 Å². The molecule has 3 rings (SSSR count). The molecule has 0 spiro atoms. The molecule has 0 bridgehead atoms. The number of nitrogens with zero attached hydrogens (tertiary/aromatic N) is 1. The van der Waals surface area contributed by atoms with Crippen LogP contribution in [-0.4, -0.2) is 24.7 Å². The Balaban J connectivity index is 1.36. The summed E-state index contributed by atoms with van der Waals surface area (Å²) in [5.41, 5.74) is 0.182. The van der Waals surface area contributed by atoms with E-state index in [1.807, 2.05) is 38.1 Å². The number of hydrogen-bond donors (Lipinski definition) is 1. The van der Waals surface area contributed by atoms with Gasteiger partial charge in [0.15, 0.2) is 0 Å². The number of nitriles is 1. The van der Waals surface area contributed by atoms with E-state index in [4.69, 9.17) is 26.3 Å². The maximum Gasteiger partial charge on any atom is 0.225 e. The van der Waals surface area contributed by atoms with E-state index in [0.29, 0.717) is 17.2 Å². The fourth-order valence-corrected chi connectivity index (χ4v) is 3.98. The first kappa shape index (κ1) is 23.9. The minimum absolute atomic E-state index is 0.0976. The molecular weight excluding hydrogens is 424 g/mol. The van der Waals surface area contributed by atoms with E-state index in [2.05, 4.69) is 11.4 Å². The van der Waals surface area contributed by atoms with Gasteiger partial charge in [0.25, 0.3) is 0 Å². The molecule has 0 unspecified atom stereocenters. The summed E-state index contributed by atoms with van der Waals surface area (Å²) in [4.78, 5) is 12.8. The molecular formula is C26H31ClN2O3. The Kier molecular flexibility index (Phi) is 8.41. The summed E-state index contributed by atoms with van der Waals surface area (Å²) in [7, 11) is 0. The molecule has 5 nitrogen and oxygen atoms in total. The van der Waals surface area contributed by atoms with E-state index in [-0.39, 0.29) is 18.1 Å². The largest absolute Gasteiger partial charge is 0.494 e. The summed E-state index contributed by atoms with van der Waals surface area (Å²) < 4.78 is 11.8. The summed E-state index contributed by atoms with van der Waals surface area (Å²) in [5, 5.41) is 12.8. The lowest BCUT2D eigenvalue weighted by atomic mass is 9.85. The van der Waals surface area contributed by atoms with Gasteiger partial charge >= 0.3 is 0 Å². The van der Waals surface area contributed by atoms with Crippen molar-refractivity contribution in [2.75, 3.05) is 6.61 Å². The summed E-state index contributed by atoms with van der Waals surface area (Å²) in [6.45, 7) is 4.55. The van der Waals surface area contributed by atoms with E-state index < -0.39 is 5.41 Å². The van der Waals surface area contributed by atoms with Gasteiger partial charge in [0.2, 0.25) is 5.91 Å². The summed E-state index contributed by atoms with van der Waals surface area (Å²) in [6.07, 6.45) is 5.32. The van der Waals surface area contributed by atoms with Crippen LogP contribution in [0.5, 0.6) is 11.5 Å². The Hall–Kier alpha value is -2.71. The zero-order chi connectivity index (χ0) is 23.0. The third-order valence-electron chi connectivity index (χ3n) is 5.94. The number of ether oxygens (including phenoxy) is 2. The van der Waals surface area contributed by atoms with Crippen LogP contribution in [0.15, 0.2) is 48.5 Å². The minimum Gasteiger partial charge on any atom is -0.494 e. The van der Waals surface area contributed by atoms with Crippen LogP contribution in [0.2, 0.25) is 5.02 Å². The van der Waals surface area contributed by atoms with Gasteiger partial charge < -0.3 is 14.8 Å². The Morgan fingerprint density at radius 3 is 2.31 bits per heavy atom. The van der Waals surface area contributed by atoms with Crippen LogP contribution in [0.3, 0.4) is 0 Å². The molecule has 0 radical (unpaired) electrons. The highest BCUT2D eigenvalue weighted by molar-refractivity contribution is 6.30. The number of carbonyl (C=O) groups excluding carboxylic acids is 1. The van der Waals surface area contributed by atoms with E-state index in [1.54, 1.807) is 24.3 Å². The Bertz CT molecular complexity index is 912. The van der Waals surface area contributed by atoms with Gasteiger partial charge in [0, 0.05) is 16.5 Å². The lowest BCUT2D eigenvalue weighted by Gasteiger charge is -2.32. The first-order valence-corrected chi connectivity index (χ1v) is 11.6. The maximum atomic E-state index is 12.8. The number of nitrogens with one attached hydrogen (secondary N) is 1. The molecule has 0 saturated heterocycles.